The molecular weight excluding hydrogens is 342 g/mol. The summed E-state index contributed by atoms with van der Waals surface area (Å²) in [6.45, 7) is 5.71. The van der Waals surface area contributed by atoms with Gasteiger partial charge in [0.2, 0.25) is 0 Å². The molecule has 0 aromatic heterocycles. The molecule has 0 N–H and O–H groups in total. The SMILES string of the molecule is COc1ccccc1N1CCN(CCN2COc3ccccc3C2=O)CC1. The van der Waals surface area contributed by atoms with E-state index in [1.165, 1.54) is 0 Å². The van der Waals surface area contributed by atoms with Crippen molar-refractivity contribution < 1.29 is 14.3 Å². The predicted molar refractivity (Wildman–Crippen MR) is 105 cm³/mol. The Morgan fingerprint density at radius 3 is 2.52 bits per heavy atom. The number of para-hydroxylation sites is 3. The number of nitrogens with zero attached hydrogens (tertiary/aromatic N) is 3. The van der Waals surface area contributed by atoms with E-state index in [1.54, 1.807) is 12.0 Å². The van der Waals surface area contributed by atoms with Gasteiger partial charge in [0, 0.05) is 39.3 Å². The van der Waals surface area contributed by atoms with Gasteiger partial charge in [-0.3, -0.25) is 9.69 Å². The Kier molecular flexibility index (Phi) is 5.16. The van der Waals surface area contributed by atoms with Gasteiger partial charge in [0.15, 0.2) is 6.73 Å². The van der Waals surface area contributed by atoms with Crippen molar-refractivity contribution >= 4 is 11.6 Å². The maximum atomic E-state index is 12.6. The molecular formula is C21H25N3O3. The molecule has 0 bridgehead atoms. The zero-order chi connectivity index (χ0) is 18.6. The van der Waals surface area contributed by atoms with Crippen LogP contribution in [0.2, 0.25) is 0 Å². The number of carbonyl (C=O) groups excluding carboxylic acids is 1. The molecule has 0 spiro atoms. The van der Waals surface area contributed by atoms with Crippen molar-refractivity contribution in [2.24, 2.45) is 0 Å². The summed E-state index contributed by atoms with van der Waals surface area (Å²) in [4.78, 5) is 19.2. The Labute approximate surface area is 159 Å². The summed E-state index contributed by atoms with van der Waals surface area (Å²) in [5.41, 5.74) is 1.81. The Morgan fingerprint density at radius 2 is 1.70 bits per heavy atom. The second-order valence-corrected chi connectivity index (χ2v) is 6.84. The number of piperazine rings is 1. The van der Waals surface area contributed by atoms with Crippen molar-refractivity contribution in [3.8, 4) is 11.5 Å². The molecule has 27 heavy (non-hydrogen) atoms. The van der Waals surface area contributed by atoms with Gasteiger partial charge in [-0.15, -0.1) is 0 Å². The van der Waals surface area contributed by atoms with E-state index in [2.05, 4.69) is 15.9 Å². The van der Waals surface area contributed by atoms with Gasteiger partial charge in [0.1, 0.15) is 11.5 Å². The van der Waals surface area contributed by atoms with E-state index >= 15 is 0 Å². The van der Waals surface area contributed by atoms with E-state index in [1.807, 2.05) is 42.5 Å². The van der Waals surface area contributed by atoms with Crippen LogP contribution in [0.15, 0.2) is 48.5 Å². The lowest BCUT2D eigenvalue weighted by molar-refractivity contribution is 0.0488. The molecule has 1 amide bonds. The van der Waals surface area contributed by atoms with Crippen LogP contribution >= 0.6 is 0 Å². The summed E-state index contributed by atoms with van der Waals surface area (Å²) < 4.78 is 11.2. The van der Waals surface area contributed by atoms with Crippen LogP contribution in [0, 0.1) is 0 Å². The normalized spacial score (nSPS) is 17.4. The Bertz CT molecular complexity index is 803. The number of carbonyl (C=O) groups is 1. The van der Waals surface area contributed by atoms with Crippen LogP contribution in [0.5, 0.6) is 11.5 Å². The Balaban J connectivity index is 1.30. The first-order valence-electron chi connectivity index (χ1n) is 9.37. The van der Waals surface area contributed by atoms with Gasteiger partial charge < -0.3 is 19.3 Å². The number of hydrogen-bond acceptors (Lipinski definition) is 5. The van der Waals surface area contributed by atoms with E-state index in [4.69, 9.17) is 9.47 Å². The standard InChI is InChI=1S/C21H25N3O3/c1-26-20-9-5-3-7-18(20)23-13-10-22(11-14-23)12-15-24-16-27-19-8-4-2-6-17(19)21(24)25/h2-9H,10-16H2,1H3. The van der Waals surface area contributed by atoms with Crippen LogP contribution in [-0.2, 0) is 0 Å². The molecule has 2 aliphatic heterocycles. The highest BCUT2D eigenvalue weighted by atomic mass is 16.5. The minimum Gasteiger partial charge on any atom is -0.495 e. The summed E-state index contributed by atoms with van der Waals surface area (Å²) in [5.74, 6) is 1.66. The van der Waals surface area contributed by atoms with Crippen LogP contribution in [0.25, 0.3) is 0 Å². The van der Waals surface area contributed by atoms with Crippen molar-refractivity contribution in [2.75, 3.05) is 58.0 Å². The van der Waals surface area contributed by atoms with E-state index in [9.17, 15) is 4.79 Å². The number of fused-ring (bicyclic) bond motifs is 1. The lowest BCUT2D eigenvalue weighted by atomic mass is 10.1. The van der Waals surface area contributed by atoms with Crippen LogP contribution in [0.3, 0.4) is 0 Å². The van der Waals surface area contributed by atoms with Crippen molar-refractivity contribution in [1.29, 1.82) is 0 Å². The molecule has 6 heteroatoms. The van der Waals surface area contributed by atoms with Crippen molar-refractivity contribution in [3.05, 3.63) is 54.1 Å². The Hall–Kier alpha value is -2.73. The topological polar surface area (TPSA) is 45.2 Å². The van der Waals surface area contributed by atoms with Crippen molar-refractivity contribution in [3.63, 3.8) is 0 Å². The third-order valence-electron chi connectivity index (χ3n) is 5.26. The van der Waals surface area contributed by atoms with E-state index in [-0.39, 0.29) is 5.91 Å². The molecule has 0 aliphatic carbocycles. The predicted octanol–water partition coefficient (Wildman–Crippen LogP) is 2.31. The van der Waals surface area contributed by atoms with Gasteiger partial charge >= 0.3 is 0 Å². The number of amides is 1. The molecule has 2 aliphatic rings. The summed E-state index contributed by atoms with van der Waals surface area (Å²) in [6.07, 6.45) is 0. The molecule has 142 valence electrons. The highest BCUT2D eigenvalue weighted by molar-refractivity contribution is 5.97. The molecule has 0 unspecified atom stereocenters. The van der Waals surface area contributed by atoms with Crippen LogP contribution in [0.4, 0.5) is 5.69 Å². The second-order valence-electron chi connectivity index (χ2n) is 6.84. The maximum absolute atomic E-state index is 12.6. The summed E-state index contributed by atoms with van der Waals surface area (Å²) in [6, 6.07) is 15.6. The quantitative estimate of drug-likeness (QED) is 0.812. The zero-order valence-electron chi connectivity index (χ0n) is 15.6. The van der Waals surface area contributed by atoms with Gasteiger partial charge in [0.05, 0.1) is 18.4 Å². The van der Waals surface area contributed by atoms with Crippen LogP contribution < -0.4 is 14.4 Å². The third kappa shape index (κ3) is 3.71. The largest absolute Gasteiger partial charge is 0.495 e. The first-order chi connectivity index (χ1) is 13.3. The summed E-state index contributed by atoms with van der Waals surface area (Å²) in [7, 11) is 1.71. The van der Waals surface area contributed by atoms with Gasteiger partial charge in [-0.2, -0.15) is 0 Å². The molecule has 1 fully saturated rings. The fourth-order valence-electron chi connectivity index (χ4n) is 3.68. The third-order valence-corrected chi connectivity index (χ3v) is 5.26. The minimum atomic E-state index is 0.0597. The van der Waals surface area contributed by atoms with Crippen molar-refractivity contribution in [2.45, 2.75) is 0 Å². The molecule has 2 aromatic rings. The molecule has 0 radical (unpaired) electrons. The first kappa shape index (κ1) is 17.7. The number of methoxy groups -OCH3 is 1. The van der Waals surface area contributed by atoms with Crippen LogP contribution in [-0.4, -0.2) is 68.8 Å². The molecule has 4 rings (SSSR count). The summed E-state index contributed by atoms with van der Waals surface area (Å²) in [5, 5.41) is 0. The molecule has 6 nitrogen and oxygen atoms in total. The highest BCUT2D eigenvalue weighted by Gasteiger charge is 2.26. The average Bonchev–Trinajstić information content (AvgIpc) is 2.74. The fourth-order valence-corrected chi connectivity index (χ4v) is 3.68. The number of benzene rings is 2. The van der Waals surface area contributed by atoms with Gasteiger partial charge in [0.25, 0.3) is 5.91 Å². The van der Waals surface area contributed by atoms with E-state index in [0.29, 0.717) is 24.6 Å². The first-order valence-corrected chi connectivity index (χ1v) is 9.37. The number of ether oxygens (including phenoxy) is 2. The van der Waals surface area contributed by atoms with E-state index in [0.717, 1.165) is 44.2 Å². The number of hydrogen-bond donors (Lipinski definition) is 0. The van der Waals surface area contributed by atoms with E-state index < -0.39 is 0 Å². The van der Waals surface area contributed by atoms with Gasteiger partial charge in [-0.1, -0.05) is 24.3 Å². The molecule has 2 aromatic carbocycles. The van der Waals surface area contributed by atoms with Gasteiger partial charge in [-0.05, 0) is 24.3 Å². The lowest BCUT2D eigenvalue weighted by Gasteiger charge is -2.37. The smallest absolute Gasteiger partial charge is 0.260 e. The minimum absolute atomic E-state index is 0.0597. The average molecular weight is 367 g/mol. The van der Waals surface area contributed by atoms with Crippen LogP contribution in [0.1, 0.15) is 10.4 Å². The maximum Gasteiger partial charge on any atom is 0.260 e. The molecule has 2 heterocycles. The second kappa shape index (κ2) is 7.88. The summed E-state index contributed by atoms with van der Waals surface area (Å²) >= 11 is 0. The highest BCUT2D eigenvalue weighted by Crippen LogP contribution is 2.28. The molecule has 1 saturated heterocycles. The molecule has 0 saturated carbocycles. The van der Waals surface area contributed by atoms with Crippen molar-refractivity contribution in [1.82, 2.24) is 9.80 Å². The molecule has 0 atom stereocenters. The monoisotopic (exact) mass is 367 g/mol. The zero-order valence-corrected chi connectivity index (χ0v) is 15.6. The Morgan fingerprint density at radius 1 is 0.963 bits per heavy atom. The fraction of sp³-hybridized carbons (Fsp3) is 0.381. The lowest BCUT2D eigenvalue weighted by Crippen LogP contribution is -2.50. The van der Waals surface area contributed by atoms with Gasteiger partial charge in [-0.25, -0.2) is 0 Å². The number of rotatable bonds is 5. The number of anilines is 1.